The van der Waals surface area contributed by atoms with Crippen molar-refractivity contribution >= 4 is 17.5 Å². The topological polar surface area (TPSA) is 55.6 Å². The summed E-state index contributed by atoms with van der Waals surface area (Å²) in [6, 6.07) is 7.71. The zero-order valence-electron chi connectivity index (χ0n) is 12.6. The van der Waals surface area contributed by atoms with Crippen LogP contribution in [-0.2, 0) is 16.1 Å². The minimum absolute atomic E-state index is 0.0131. The van der Waals surface area contributed by atoms with Crippen molar-refractivity contribution in [3.05, 3.63) is 34.9 Å². The number of ether oxygens (including phenoxy) is 1. The van der Waals surface area contributed by atoms with Gasteiger partial charge >= 0.3 is 0 Å². The van der Waals surface area contributed by atoms with Crippen molar-refractivity contribution in [1.29, 1.82) is 0 Å². The van der Waals surface area contributed by atoms with Gasteiger partial charge in [0.1, 0.15) is 6.10 Å². The highest BCUT2D eigenvalue weighted by Gasteiger charge is 2.33. The lowest BCUT2D eigenvalue weighted by molar-refractivity contribution is -0.145. The van der Waals surface area contributed by atoms with E-state index >= 15 is 0 Å². The van der Waals surface area contributed by atoms with E-state index in [1.54, 1.807) is 0 Å². The largest absolute Gasteiger partial charge is 0.364 e. The molecule has 1 fully saturated rings. The van der Waals surface area contributed by atoms with Crippen LogP contribution in [0.15, 0.2) is 24.3 Å². The zero-order chi connectivity index (χ0) is 15.4. The maximum Gasteiger partial charge on any atom is 0.252 e. The van der Waals surface area contributed by atoms with E-state index in [0.717, 1.165) is 18.4 Å². The molecule has 4 nitrogen and oxygen atoms in total. The summed E-state index contributed by atoms with van der Waals surface area (Å²) in [5, 5.41) is 0.684. The Hall–Kier alpha value is -1.10. The van der Waals surface area contributed by atoms with Crippen molar-refractivity contribution in [2.45, 2.75) is 51.5 Å². The first-order valence-electron chi connectivity index (χ1n) is 7.41. The Morgan fingerprint density at radius 1 is 1.48 bits per heavy atom. The Morgan fingerprint density at radius 2 is 2.24 bits per heavy atom. The molecule has 1 amide bonds. The summed E-state index contributed by atoms with van der Waals surface area (Å²) in [5.74, 6) is 0.0425. The lowest BCUT2D eigenvalue weighted by atomic mass is 10.1. The summed E-state index contributed by atoms with van der Waals surface area (Å²) in [6.45, 7) is 5.04. The molecule has 2 rings (SSSR count). The summed E-state index contributed by atoms with van der Waals surface area (Å²) >= 11 is 6.01. The summed E-state index contributed by atoms with van der Waals surface area (Å²) in [5.41, 5.74) is 6.63. The van der Waals surface area contributed by atoms with Gasteiger partial charge in [0, 0.05) is 24.2 Å². The summed E-state index contributed by atoms with van der Waals surface area (Å²) < 4.78 is 5.72. The van der Waals surface area contributed by atoms with Gasteiger partial charge in [-0.15, -0.1) is 0 Å². The molecule has 2 atom stereocenters. The van der Waals surface area contributed by atoms with Gasteiger partial charge in [-0.1, -0.05) is 23.7 Å². The van der Waals surface area contributed by atoms with Crippen LogP contribution in [0.25, 0.3) is 0 Å². The molecule has 0 bridgehead atoms. The van der Waals surface area contributed by atoms with Crippen LogP contribution in [0.1, 0.15) is 32.3 Å². The number of carbonyl (C=O) groups is 1. The van der Waals surface area contributed by atoms with E-state index in [1.807, 2.05) is 43.0 Å². The predicted octanol–water partition coefficient (Wildman–Crippen LogP) is 2.58. The number of hydrogen-bond donors (Lipinski definition) is 1. The zero-order valence-corrected chi connectivity index (χ0v) is 13.3. The number of benzene rings is 1. The van der Waals surface area contributed by atoms with Crippen LogP contribution in [0.2, 0.25) is 5.02 Å². The van der Waals surface area contributed by atoms with Crippen molar-refractivity contribution in [3.8, 4) is 0 Å². The lowest BCUT2D eigenvalue weighted by Crippen LogP contribution is -2.43. The van der Waals surface area contributed by atoms with E-state index in [1.165, 1.54) is 0 Å². The van der Waals surface area contributed by atoms with Gasteiger partial charge < -0.3 is 15.4 Å². The molecule has 1 heterocycles. The van der Waals surface area contributed by atoms with Gasteiger partial charge in [-0.3, -0.25) is 4.79 Å². The van der Waals surface area contributed by atoms with Crippen molar-refractivity contribution < 1.29 is 9.53 Å². The minimum atomic E-state index is -0.361. The van der Waals surface area contributed by atoms with Crippen molar-refractivity contribution in [2.75, 3.05) is 6.54 Å². The third-order valence-electron chi connectivity index (χ3n) is 3.79. The predicted molar refractivity (Wildman–Crippen MR) is 84.1 cm³/mol. The molecule has 0 spiro atoms. The molecule has 116 valence electrons. The third kappa shape index (κ3) is 4.19. The van der Waals surface area contributed by atoms with E-state index in [4.69, 9.17) is 22.1 Å². The van der Waals surface area contributed by atoms with Crippen LogP contribution in [-0.4, -0.2) is 35.6 Å². The van der Waals surface area contributed by atoms with Crippen LogP contribution < -0.4 is 5.73 Å². The molecule has 2 unspecified atom stereocenters. The Labute approximate surface area is 131 Å². The van der Waals surface area contributed by atoms with Gasteiger partial charge in [-0.05, 0) is 44.4 Å². The number of amides is 1. The highest BCUT2D eigenvalue weighted by Crippen LogP contribution is 2.23. The second kappa shape index (κ2) is 7.25. The first-order valence-corrected chi connectivity index (χ1v) is 7.79. The molecule has 1 aliphatic rings. The van der Waals surface area contributed by atoms with Crippen molar-refractivity contribution in [1.82, 2.24) is 4.90 Å². The molecule has 0 radical (unpaired) electrons. The summed E-state index contributed by atoms with van der Waals surface area (Å²) in [6.07, 6.45) is 1.26. The van der Waals surface area contributed by atoms with Crippen LogP contribution >= 0.6 is 11.6 Å². The summed E-state index contributed by atoms with van der Waals surface area (Å²) in [7, 11) is 0. The van der Waals surface area contributed by atoms with E-state index in [0.29, 0.717) is 18.1 Å². The SMILES string of the molecule is CC(C)N(Cc1cccc(Cl)c1)C(=O)C1CCC(CN)O1. The lowest BCUT2D eigenvalue weighted by Gasteiger charge is -2.29. The van der Waals surface area contributed by atoms with Gasteiger partial charge in [0.05, 0.1) is 6.10 Å². The molecule has 1 saturated heterocycles. The van der Waals surface area contributed by atoms with Gasteiger partial charge in [-0.2, -0.15) is 0 Å². The number of halogens is 1. The standard InChI is InChI=1S/C16H23ClN2O2/c1-11(2)19(10-12-4-3-5-13(17)8-12)16(20)15-7-6-14(9-18)21-15/h3-5,8,11,14-15H,6-7,9-10,18H2,1-2H3. The number of hydrogen-bond acceptors (Lipinski definition) is 3. The number of nitrogens with zero attached hydrogens (tertiary/aromatic N) is 1. The smallest absolute Gasteiger partial charge is 0.252 e. The maximum atomic E-state index is 12.7. The van der Waals surface area contributed by atoms with E-state index in [2.05, 4.69) is 0 Å². The number of carbonyl (C=O) groups excluding carboxylic acids is 1. The second-order valence-electron chi connectivity index (χ2n) is 5.75. The van der Waals surface area contributed by atoms with Crippen molar-refractivity contribution in [2.24, 2.45) is 5.73 Å². The first kappa shape index (κ1) is 16.3. The fourth-order valence-electron chi connectivity index (χ4n) is 2.59. The van der Waals surface area contributed by atoms with Crippen LogP contribution in [0.4, 0.5) is 0 Å². The Bertz CT molecular complexity index is 493. The van der Waals surface area contributed by atoms with Crippen LogP contribution in [0.5, 0.6) is 0 Å². The highest BCUT2D eigenvalue weighted by atomic mass is 35.5. The van der Waals surface area contributed by atoms with E-state index < -0.39 is 0 Å². The molecule has 0 aromatic heterocycles. The second-order valence-corrected chi connectivity index (χ2v) is 6.19. The highest BCUT2D eigenvalue weighted by molar-refractivity contribution is 6.30. The van der Waals surface area contributed by atoms with Crippen LogP contribution in [0.3, 0.4) is 0 Å². The van der Waals surface area contributed by atoms with Gasteiger partial charge in [-0.25, -0.2) is 0 Å². The number of nitrogens with two attached hydrogens (primary N) is 1. The molecule has 2 N–H and O–H groups in total. The molecular weight excluding hydrogens is 288 g/mol. The molecule has 0 saturated carbocycles. The molecular formula is C16H23ClN2O2. The molecule has 21 heavy (non-hydrogen) atoms. The quantitative estimate of drug-likeness (QED) is 0.909. The third-order valence-corrected chi connectivity index (χ3v) is 4.03. The average Bonchev–Trinajstić information content (AvgIpc) is 2.93. The molecule has 1 aromatic carbocycles. The molecule has 1 aliphatic heterocycles. The van der Waals surface area contributed by atoms with Gasteiger partial charge in [0.15, 0.2) is 0 Å². The number of rotatable bonds is 5. The Morgan fingerprint density at radius 3 is 2.81 bits per heavy atom. The molecule has 5 heteroatoms. The van der Waals surface area contributed by atoms with E-state index in [-0.39, 0.29) is 24.2 Å². The first-order chi connectivity index (χ1) is 10.0. The minimum Gasteiger partial charge on any atom is -0.364 e. The fourth-order valence-corrected chi connectivity index (χ4v) is 2.81. The molecule has 0 aliphatic carbocycles. The summed E-state index contributed by atoms with van der Waals surface area (Å²) in [4.78, 5) is 14.5. The fraction of sp³-hybridized carbons (Fsp3) is 0.562. The van der Waals surface area contributed by atoms with Gasteiger partial charge in [0.25, 0.3) is 5.91 Å². The van der Waals surface area contributed by atoms with Gasteiger partial charge in [0.2, 0.25) is 0 Å². The molecule has 1 aromatic rings. The Balaban J connectivity index is 2.06. The Kier molecular flexibility index (Phi) is 5.62. The van der Waals surface area contributed by atoms with Crippen LogP contribution in [0, 0.1) is 0 Å². The monoisotopic (exact) mass is 310 g/mol. The normalized spacial score (nSPS) is 21.8. The van der Waals surface area contributed by atoms with E-state index in [9.17, 15) is 4.79 Å². The van der Waals surface area contributed by atoms with Crippen molar-refractivity contribution in [3.63, 3.8) is 0 Å². The maximum absolute atomic E-state index is 12.7. The average molecular weight is 311 g/mol.